The van der Waals surface area contributed by atoms with Gasteiger partial charge in [-0.15, -0.1) is 0 Å². The number of aldehydes is 1. The van der Waals surface area contributed by atoms with Crippen LogP contribution >= 0.6 is 0 Å². The highest BCUT2D eigenvalue weighted by molar-refractivity contribution is 5.85. The molecule has 5 heteroatoms. The molecule has 20 heavy (non-hydrogen) atoms. The van der Waals surface area contributed by atoms with Crippen LogP contribution in [0.4, 0.5) is 5.69 Å². The van der Waals surface area contributed by atoms with Gasteiger partial charge < -0.3 is 19.6 Å². The maximum Gasteiger partial charge on any atom is 0.329 e. The summed E-state index contributed by atoms with van der Waals surface area (Å²) >= 11 is 0. The van der Waals surface area contributed by atoms with Gasteiger partial charge in [-0.2, -0.15) is 0 Å². The van der Waals surface area contributed by atoms with E-state index in [1.807, 2.05) is 12.1 Å². The molecule has 1 aliphatic carbocycles. The number of anilines is 1. The molecule has 1 aromatic rings. The summed E-state index contributed by atoms with van der Waals surface area (Å²) in [6.07, 6.45) is 3.25. The van der Waals surface area contributed by atoms with Gasteiger partial charge in [-0.25, -0.2) is 4.79 Å². The highest BCUT2D eigenvalue weighted by Gasteiger charge is 2.48. The van der Waals surface area contributed by atoms with Gasteiger partial charge in [0.25, 0.3) is 0 Å². The predicted octanol–water partition coefficient (Wildman–Crippen LogP) is 2.02. The molecule has 0 aliphatic heterocycles. The summed E-state index contributed by atoms with van der Waals surface area (Å²) < 4.78 is 9.92. The normalized spacial score (nSPS) is 17.5. The Morgan fingerprint density at radius 3 is 2.35 bits per heavy atom. The van der Waals surface area contributed by atoms with Crippen molar-refractivity contribution in [1.29, 1.82) is 0 Å². The van der Waals surface area contributed by atoms with Crippen LogP contribution in [0.25, 0.3) is 0 Å². The summed E-state index contributed by atoms with van der Waals surface area (Å²) in [4.78, 5) is 23.4. The predicted molar refractivity (Wildman–Crippen MR) is 74.8 cm³/mol. The lowest BCUT2D eigenvalue weighted by atomic mass is 9.65. The van der Waals surface area contributed by atoms with Crippen LogP contribution < -0.4 is 10.1 Å². The van der Waals surface area contributed by atoms with E-state index >= 15 is 0 Å². The molecular formula is C15H19NO4. The van der Waals surface area contributed by atoms with Crippen molar-refractivity contribution in [3.05, 3.63) is 24.3 Å². The molecule has 0 radical (unpaired) electrons. The topological polar surface area (TPSA) is 64.6 Å². The number of hydrogen-bond acceptors (Lipinski definition) is 5. The van der Waals surface area contributed by atoms with E-state index in [0.29, 0.717) is 12.8 Å². The van der Waals surface area contributed by atoms with Crippen LogP contribution in [0, 0.1) is 5.41 Å². The third-order valence-corrected chi connectivity index (χ3v) is 3.93. The number of rotatable bonds is 6. The molecule has 1 N–H and O–H groups in total. The second-order valence-electron chi connectivity index (χ2n) is 5.03. The van der Waals surface area contributed by atoms with E-state index in [0.717, 1.165) is 24.1 Å². The second-order valence-corrected chi connectivity index (χ2v) is 5.03. The Kier molecular flexibility index (Phi) is 4.27. The molecule has 0 amide bonds. The van der Waals surface area contributed by atoms with E-state index in [2.05, 4.69) is 5.32 Å². The average Bonchev–Trinajstić information content (AvgIpc) is 2.45. The van der Waals surface area contributed by atoms with Crippen molar-refractivity contribution in [1.82, 2.24) is 0 Å². The van der Waals surface area contributed by atoms with Crippen LogP contribution in [0.2, 0.25) is 0 Å². The minimum absolute atomic E-state index is 0.410. The van der Waals surface area contributed by atoms with Crippen LogP contribution in [0.15, 0.2) is 24.3 Å². The number of benzene rings is 1. The summed E-state index contributed by atoms with van der Waals surface area (Å²) in [5.74, 6) is 0.325. The monoisotopic (exact) mass is 277 g/mol. The molecule has 0 bridgehead atoms. The van der Waals surface area contributed by atoms with E-state index < -0.39 is 17.4 Å². The summed E-state index contributed by atoms with van der Waals surface area (Å²) in [7, 11) is 2.93. The average molecular weight is 277 g/mol. The lowest BCUT2D eigenvalue weighted by molar-refractivity contribution is -0.149. The number of esters is 1. The van der Waals surface area contributed by atoms with E-state index in [-0.39, 0.29) is 0 Å². The van der Waals surface area contributed by atoms with Gasteiger partial charge in [0.05, 0.1) is 19.6 Å². The quantitative estimate of drug-likeness (QED) is 0.636. The Morgan fingerprint density at radius 1 is 1.30 bits per heavy atom. The zero-order valence-electron chi connectivity index (χ0n) is 11.7. The van der Waals surface area contributed by atoms with E-state index in [9.17, 15) is 9.59 Å². The summed E-state index contributed by atoms with van der Waals surface area (Å²) in [5.41, 5.74) is 0.113. The molecule has 1 aliphatic rings. The number of methoxy groups -OCH3 is 2. The molecule has 108 valence electrons. The highest BCUT2D eigenvalue weighted by atomic mass is 16.5. The van der Waals surface area contributed by atoms with E-state index in [1.54, 1.807) is 19.2 Å². The van der Waals surface area contributed by atoms with Crippen molar-refractivity contribution < 1.29 is 19.1 Å². The first-order valence-corrected chi connectivity index (χ1v) is 6.60. The standard InChI is InChI=1S/C15H19NO4/c1-19-12-6-4-11(5-7-12)16-13(14(18)20-2)15(10-17)8-3-9-15/h4-7,10,13,16H,3,8-9H2,1-2H3/t13-/m1/s1. The van der Waals surface area contributed by atoms with Gasteiger partial charge in [-0.05, 0) is 37.1 Å². The first-order valence-electron chi connectivity index (χ1n) is 6.60. The van der Waals surface area contributed by atoms with Gasteiger partial charge in [0.15, 0.2) is 0 Å². The summed E-state index contributed by atoms with van der Waals surface area (Å²) in [6, 6.07) is 6.57. The fraction of sp³-hybridized carbons (Fsp3) is 0.467. The minimum Gasteiger partial charge on any atom is -0.497 e. The molecular weight excluding hydrogens is 258 g/mol. The maximum absolute atomic E-state index is 12.0. The van der Waals surface area contributed by atoms with Gasteiger partial charge >= 0.3 is 5.97 Å². The van der Waals surface area contributed by atoms with Crippen LogP contribution in [-0.4, -0.2) is 32.5 Å². The zero-order valence-corrected chi connectivity index (χ0v) is 11.7. The third-order valence-electron chi connectivity index (χ3n) is 3.93. The third kappa shape index (κ3) is 2.61. The molecule has 0 spiro atoms. The first kappa shape index (κ1) is 14.4. The van der Waals surface area contributed by atoms with Crippen LogP contribution in [-0.2, 0) is 14.3 Å². The van der Waals surface area contributed by atoms with Crippen molar-refractivity contribution in [3.63, 3.8) is 0 Å². The van der Waals surface area contributed by atoms with Crippen molar-refractivity contribution in [2.45, 2.75) is 25.3 Å². The smallest absolute Gasteiger partial charge is 0.329 e. The summed E-state index contributed by atoms with van der Waals surface area (Å²) in [5, 5.41) is 3.11. The SMILES string of the molecule is COC(=O)[C@@H](Nc1ccc(OC)cc1)C1(C=O)CCC1. The molecule has 0 aromatic heterocycles. The molecule has 1 saturated carbocycles. The Labute approximate surface area is 118 Å². The number of carbonyl (C=O) groups is 2. The van der Waals surface area contributed by atoms with E-state index in [4.69, 9.17) is 9.47 Å². The highest BCUT2D eigenvalue weighted by Crippen LogP contribution is 2.43. The lowest BCUT2D eigenvalue weighted by Crippen LogP contribution is -2.51. The molecule has 1 aromatic carbocycles. The van der Waals surface area contributed by atoms with Crippen molar-refractivity contribution in [3.8, 4) is 5.75 Å². The molecule has 0 unspecified atom stereocenters. The Balaban J connectivity index is 2.19. The van der Waals surface area contributed by atoms with Gasteiger partial charge in [0.2, 0.25) is 0 Å². The molecule has 1 atom stereocenters. The zero-order chi connectivity index (χ0) is 14.6. The summed E-state index contributed by atoms with van der Waals surface area (Å²) in [6.45, 7) is 0. The fourth-order valence-electron chi connectivity index (χ4n) is 2.47. The van der Waals surface area contributed by atoms with Crippen LogP contribution in [0.5, 0.6) is 5.75 Å². The number of carbonyl (C=O) groups excluding carboxylic acids is 2. The Morgan fingerprint density at radius 2 is 1.95 bits per heavy atom. The van der Waals surface area contributed by atoms with Gasteiger partial charge in [0, 0.05) is 5.69 Å². The van der Waals surface area contributed by atoms with Crippen molar-refractivity contribution >= 4 is 17.9 Å². The van der Waals surface area contributed by atoms with Gasteiger partial charge in [0.1, 0.15) is 18.1 Å². The molecule has 1 fully saturated rings. The molecule has 2 rings (SSSR count). The lowest BCUT2D eigenvalue weighted by Gasteiger charge is -2.42. The second kappa shape index (κ2) is 5.94. The van der Waals surface area contributed by atoms with E-state index in [1.165, 1.54) is 7.11 Å². The molecule has 5 nitrogen and oxygen atoms in total. The van der Waals surface area contributed by atoms with Gasteiger partial charge in [-0.3, -0.25) is 0 Å². The molecule has 0 saturated heterocycles. The van der Waals surface area contributed by atoms with Gasteiger partial charge in [-0.1, -0.05) is 6.42 Å². The fourth-order valence-corrected chi connectivity index (χ4v) is 2.47. The van der Waals surface area contributed by atoms with Crippen LogP contribution in [0.3, 0.4) is 0 Å². The molecule has 0 heterocycles. The Bertz CT molecular complexity index is 479. The van der Waals surface area contributed by atoms with Crippen molar-refractivity contribution in [2.24, 2.45) is 5.41 Å². The van der Waals surface area contributed by atoms with Crippen molar-refractivity contribution in [2.75, 3.05) is 19.5 Å². The first-order chi connectivity index (χ1) is 9.65. The Hall–Kier alpha value is -2.04. The maximum atomic E-state index is 12.0. The largest absolute Gasteiger partial charge is 0.497 e. The minimum atomic E-state index is -0.646. The number of ether oxygens (including phenoxy) is 2. The number of hydrogen-bond donors (Lipinski definition) is 1. The number of nitrogens with one attached hydrogen (secondary N) is 1. The van der Waals surface area contributed by atoms with Crippen LogP contribution in [0.1, 0.15) is 19.3 Å².